The van der Waals surface area contributed by atoms with E-state index in [-0.39, 0.29) is 0 Å². The Bertz CT molecular complexity index is 612. The highest BCUT2D eigenvalue weighted by atomic mass is 14.9. The Morgan fingerprint density at radius 1 is 1.07 bits per heavy atom. The van der Waals surface area contributed by atoms with Gasteiger partial charge in [0.1, 0.15) is 0 Å². The van der Waals surface area contributed by atoms with E-state index >= 15 is 0 Å². The number of aromatic amines is 1. The molecule has 4 heteroatoms. The van der Waals surface area contributed by atoms with Crippen molar-refractivity contribution in [2.75, 3.05) is 0 Å². The molecule has 2 aromatic heterocycles. The third-order valence-electron chi connectivity index (χ3n) is 2.20. The smallest absolute Gasteiger partial charge is 0.0931 e. The number of hydrogen-bond donors (Lipinski definition) is 1. The van der Waals surface area contributed by atoms with Gasteiger partial charge in [-0.3, -0.25) is 4.98 Å². The van der Waals surface area contributed by atoms with Gasteiger partial charge >= 0.3 is 0 Å². The van der Waals surface area contributed by atoms with Crippen LogP contribution in [0.25, 0.3) is 22.1 Å². The molecule has 0 atom stereocenters. The Balaban J connectivity index is 2.50. The van der Waals surface area contributed by atoms with Crippen molar-refractivity contribution in [2.24, 2.45) is 0 Å². The first-order chi connectivity index (χ1) is 6.83. The lowest BCUT2D eigenvalue weighted by Crippen LogP contribution is -1.86. The number of nitrogens with one attached hydrogen (secondary N) is 1. The molecular weight excluding hydrogens is 176 g/mol. The second-order valence-electron chi connectivity index (χ2n) is 3.27. The fraction of sp³-hybridized carbons (Fsp3) is 0.100. The quantitative estimate of drug-likeness (QED) is 0.579. The lowest BCUT2D eigenvalue weighted by Gasteiger charge is -1.97. The second-order valence-corrected chi connectivity index (χ2v) is 3.27. The Hall–Kier alpha value is -1.97. The van der Waals surface area contributed by atoms with Gasteiger partial charge in [0.15, 0.2) is 0 Å². The Morgan fingerprint density at radius 2 is 2.00 bits per heavy atom. The molecule has 1 aromatic carbocycles. The zero-order chi connectivity index (χ0) is 9.54. The summed E-state index contributed by atoms with van der Waals surface area (Å²) in [6, 6.07) is 3.91. The Morgan fingerprint density at radius 3 is 2.93 bits per heavy atom. The minimum atomic E-state index is 0.893. The van der Waals surface area contributed by atoms with Crippen LogP contribution in [0.3, 0.4) is 0 Å². The summed E-state index contributed by atoms with van der Waals surface area (Å²) in [5.74, 6) is 0. The number of nitrogens with zero attached hydrogens (tertiary/aromatic N) is 3. The van der Waals surface area contributed by atoms with E-state index in [1.807, 2.05) is 19.1 Å². The van der Waals surface area contributed by atoms with Crippen molar-refractivity contribution in [3.8, 4) is 0 Å². The summed E-state index contributed by atoms with van der Waals surface area (Å²) < 4.78 is 0. The second kappa shape index (κ2) is 2.51. The van der Waals surface area contributed by atoms with Crippen molar-refractivity contribution >= 4 is 22.1 Å². The lowest BCUT2D eigenvalue weighted by molar-refractivity contribution is 1.19. The molecular formula is C10H8N4. The van der Waals surface area contributed by atoms with Crippen LogP contribution in [0.4, 0.5) is 0 Å². The molecule has 1 N–H and O–H groups in total. The molecule has 0 bridgehead atoms. The molecule has 0 unspecified atom stereocenters. The highest BCUT2D eigenvalue weighted by molar-refractivity contribution is 5.90. The monoisotopic (exact) mass is 184 g/mol. The van der Waals surface area contributed by atoms with Gasteiger partial charge in [-0.05, 0) is 19.1 Å². The highest BCUT2D eigenvalue weighted by Gasteiger charge is 2.01. The minimum absolute atomic E-state index is 0.893. The van der Waals surface area contributed by atoms with Gasteiger partial charge < -0.3 is 4.98 Å². The van der Waals surface area contributed by atoms with Crippen LogP contribution in [0.1, 0.15) is 5.69 Å². The van der Waals surface area contributed by atoms with Crippen LogP contribution < -0.4 is 0 Å². The highest BCUT2D eigenvalue weighted by Crippen LogP contribution is 2.16. The van der Waals surface area contributed by atoms with Gasteiger partial charge in [-0.15, -0.1) is 0 Å². The molecule has 0 saturated heterocycles. The fourth-order valence-electron chi connectivity index (χ4n) is 1.53. The predicted octanol–water partition coefficient (Wildman–Crippen LogP) is 1.81. The average Bonchev–Trinajstić information content (AvgIpc) is 2.61. The third-order valence-corrected chi connectivity index (χ3v) is 2.20. The molecule has 3 aromatic rings. The van der Waals surface area contributed by atoms with E-state index in [2.05, 4.69) is 19.9 Å². The molecule has 0 saturated carbocycles. The van der Waals surface area contributed by atoms with E-state index in [1.165, 1.54) is 0 Å². The number of fused-ring (bicyclic) bond motifs is 2. The number of aromatic nitrogens is 4. The molecule has 0 aliphatic carbocycles. The number of imidazole rings is 1. The lowest BCUT2D eigenvalue weighted by atomic mass is 10.2. The fourth-order valence-corrected chi connectivity index (χ4v) is 1.53. The van der Waals surface area contributed by atoms with Gasteiger partial charge in [0.25, 0.3) is 0 Å². The molecule has 68 valence electrons. The van der Waals surface area contributed by atoms with E-state index in [0.29, 0.717) is 0 Å². The molecule has 0 radical (unpaired) electrons. The summed E-state index contributed by atoms with van der Waals surface area (Å²) in [6.07, 6.45) is 3.45. The number of benzene rings is 1. The third kappa shape index (κ3) is 0.970. The van der Waals surface area contributed by atoms with Crippen LogP contribution in [-0.4, -0.2) is 19.9 Å². The molecule has 0 aliphatic heterocycles. The maximum absolute atomic E-state index is 4.39. The molecule has 0 spiro atoms. The number of hydrogen-bond acceptors (Lipinski definition) is 3. The van der Waals surface area contributed by atoms with Crippen LogP contribution in [0.5, 0.6) is 0 Å². The van der Waals surface area contributed by atoms with Crippen molar-refractivity contribution in [3.63, 3.8) is 0 Å². The summed E-state index contributed by atoms with van der Waals surface area (Å²) in [6.45, 7) is 1.93. The Labute approximate surface area is 80.0 Å². The van der Waals surface area contributed by atoms with E-state index in [4.69, 9.17) is 0 Å². The topological polar surface area (TPSA) is 54.5 Å². The van der Waals surface area contributed by atoms with E-state index in [9.17, 15) is 0 Å². The minimum Gasteiger partial charge on any atom is -0.345 e. The van der Waals surface area contributed by atoms with Gasteiger partial charge in [0.05, 0.1) is 34.1 Å². The molecule has 0 fully saturated rings. The molecule has 4 nitrogen and oxygen atoms in total. The van der Waals surface area contributed by atoms with E-state index < -0.39 is 0 Å². The van der Waals surface area contributed by atoms with Crippen LogP contribution in [-0.2, 0) is 0 Å². The number of rotatable bonds is 0. The summed E-state index contributed by atoms with van der Waals surface area (Å²) in [7, 11) is 0. The Kier molecular flexibility index (Phi) is 1.33. The van der Waals surface area contributed by atoms with Gasteiger partial charge in [-0.25, -0.2) is 9.97 Å². The van der Waals surface area contributed by atoms with E-state index in [1.54, 1.807) is 12.5 Å². The van der Waals surface area contributed by atoms with Crippen molar-refractivity contribution in [3.05, 3.63) is 30.4 Å². The van der Waals surface area contributed by atoms with Gasteiger partial charge in [0.2, 0.25) is 0 Å². The molecule has 3 rings (SSSR count). The maximum Gasteiger partial charge on any atom is 0.0931 e. The molecule has 0 aliphatic rings. The van der Waals surface area contributed by atoms with Crippen LogP contribution in [0.15, 0.2) is 24.7 Å². The molecule has 14 heavy (non-hydrogen) atoms. The molecule has 2 heterocycles. The summed E-state index contributed by atoms with van der Waals surface area (Å²) in [4.78, 5) is 15.9. The summed E-state index contributed by atoms with van der Waals surface area (Å²) in [5, 5.41) is 0. The first-order valence-electron chi connectivity index (χ1n) is 4.39. The van der Waals surface area contributed by atoms with Crippen molar-refractivity contribution < 1.29 is 0 Å². The number of H-pyrrole nitrogens is 1. The van der Waals surface area contributed by atoms with Crippen molar-refractivity contribution in [1.82, 2.24) is 19.9 Å². The van der Waals surface area contributed by atoms with Gasteiger partial charge in [-0.1, -0.05) is 0 Å². The first kappa shape index (κ1) is 7.44. The number of aryl methyl sites for hydroxylation is 1. The van der Waals surface area contributed by atoms with Crippen LogP contribution in [0.2, 0.25) is 0 Å². The normalized spacial score (nSPS) is 11.2. The van der Waals surface area contributed by atoms with Gasteiger partial charge in [-0.2, -0.15) is 0 Å². The molecule has 0 amide bonds. The maximum atomic E-state index is 4.39. The van der Waals surface area contributed by atoms with Gasteiger partial charge in [0, 0.05) is 6.20 Å². The standard InChI is InChI=1S/C10H8N4/c1-6-4-11-9-2-7-8(13-5-12-7)3-10(9)14-6/h2-5H,1H3,(H,12,13). The van der Waals surface area contributed by atoms with Crippen LogP contribution in [0, 0.1) is 6.92 Å². The van der Waals surface area contributed by atoms with Crippen molar-refractivity contribution in [1.29, 1.82) is 0 Å². The van der Waals surface area contributed by atoms with Crippen molar-refractivity contribution in [2.45, 2.75) is 6.92 Å². The zero-order valence-electron chi connectivity index (χ0n) is 7.65. The summed E-state index contributed by atoms with van der Waals surface area (Å²) in [5.41, 5.74) is 4.64. The predicted molar refractivity (Wildman–Crippen MR) is 53.9 cm³/mol. The average molecular weight is 184 g/mol. The SMILES string of the molecule is Cc1cnc2cc3[nH]cnc3cc2n1. The zero-order valence-corrected chi connectivity index (χ0v) is 7.65. The largest absolute Gasteiger partial charge is 0.345 e. The summed E-state index contributed by atoms with van der Waals surface area (Å²) >= 11 is 0. The van der Waals surface area contributed by atoms with E-state index in [0.717, 1.165) is 27.8 Å². The van der Waals surface area contributed by atoms with Crippen LogP contribution >= 0.6 is 0 Å². The first-order valence-corrected chi connectivity index (χ1v) is 4.39.